The molecule has 0 saturated heterocycles. The van der Waals surface area contributed by atoms with E-state index in [1.54, 1.807) is 12.1 Å². The van der Waals surface area contributed by atoms with Gasteiger partial charge in [-0.25, -0.2) is 4.79 Å². The molecule has 0 saturated carbocycles. The number of esters is 1. The monoisotopic (exact) mass is 454 g/mol. The van der Waals surface area contributed by atoms with Crippen LogP contribution in [0.2, 0.25) is 0 Å². The molecule has 4 aromatic carbocycles. The Morgan fingerprint density at radius 1 is 0.697 bits per heavy atom. The number of hydrogen-bond donors (Lipinski definition) is 1. The lowest BCUT2D eigenvalue weighted by Gasteiger charge is -2.27. The summed E-state index contributed by atoms with van der Waals surface area (Å²) in [5, 5.41) is 7.74. The fourth-order valence-electron chi connectivity index (χ4n) is 4.27. The lowest BCUT2D eigenvalue weighted by molar-refractivity contribution is 0.0601. The van der Waals surface area contributed by atoms with E-state index in [1.165, 1.54) is 23.0 Å². The Morgan fingerprint density at radius 3 is 1.58 bits per heavy atom. The number of anilines is 1. The standard InChI is InChI=1S/C29H28NO2P/c1-32-29(31)24-18-20-25(21-19-24)30-22-11-23-33(26-12-5-2-6-13-26,27-14-7-3-8-15-27)28-16-9-4-10-17-28/h2-10,12-21H,11,22-23H2,1H3/p+1. The Labute approximate surface area is 196 Å². The smallest absolute Gasteiger partial charge is 0.337 e. The van der Waals surface area contributed by atoms with Crippen LogP contribution in [0.4, 0.5) is 5.69 Å². The zero-order valence-corrected chi connectivity index (χ0v) is 19.7. The molecule has 0 spiro atoms. The number of hydrogen-bond acceptors (Lipinski definition) is 3. The molecule has 33 heavy (non-hydrogen) atoms. The van der Waals surface area contributed by atoms with Gasteiger partial charge in [-0.2, -0.15) is 0 Å². The maximum atomic E-state index is 11.7. The summed E-state index contributed by atoms with van der Waals surface area (Å²) in [6.45, 7) is 0.853. The van der Waals surface area contributed by atoms with E-state index in [4.69, 9.17) is 4.74 Å². The van der Waals surface area contributed by atoms with E-state index in [0.29, 0.717) is 5.56 Å². The van der Waals surface area contributed by atoms with Crippen LogP contribution in [0.15, 0.2) is 115 Å². The van der Waals surface area contributed by atoms with E-state index >= 15 is 0 Å². The predicted octanol–water partition coefficient (Wildman–Crippen LogP) is 5.27. The van der Waals surface area contributed by atoms with E-state index < -0.39 is 7.26 Å². The van der Waals surface area contributed by atoms with E-state index in [-0.39, 0.29) is 5.97 Å². The first-order valence-electron chi connectivity index (χ1n) is 11.2. The zero-order chi connectivity index (χ0) is 22.9. The van der Waals surface area contributed by atoms with Crippen LogP contribution in [-0.4, -0.2) is 25.8 Å². The van der Waals surface area contributed by atoms with Crippen LogP contribution in [-0.2, 0) is 4.74 Å². The molecule has 0 bridgehead atoms. The van der Waals surface area contributed by atoms with E-state index in [1.807, 2.05) is 12.1 Å². The Morgan fingerprint density at radius 2 is 1.15 bits per heavy atom. The molecule has 0 aliphatic heterocycles. The largest absolute Gasteiger partial charge is 0.465 e. The second kappa shape index (κ2) is 10.9. The first-order chi connectivity index (χ1) is 16.2. The van der Waals surface area contributed by atoms with Gasteiger partial charge in [0.25, 0.3) is 0 Å². The van der Waals surface area contributed by atoms with Crippen molar-refractivity contribution in [2.45, 2.75) is 6.42 Å². The first-order valence-corrected chi connectivity index (χ1v) is 13.2. The van der Waals surface area contributed by atoms with Gasteiger partial charge in [-0.1, -0.05) is 54.6 Å². The number of carbonyl (C=O) groups excluding carboxylic acids is 1. The van der Waals surface area contributed by atoms with E-state index in [2.05, 4.69) is 96.3 Å². The van der Waals surface area contributed by atoms with Crippen molar-refractivity contribution >= 4 is 34.8 Å². The minimum atomic E-state index is -1.80. The van der Waals surface area contributed by atoms with Crippen molar-refractivity contribution in [2.24, 2.45) is 0 Å². The molecule has 0 aliphatic rings. The highest BCUT2D eigenvalue weighted by molar-refractivity contribution is 7.95. The molecule has 0 fully saturated rings. The van der Waals surface area contributed by atoms with Crippen LogP contribution >= 0.6 is 7.26 Å². The van der Waals surface area contributed by atoms with Gasteiger partial charge in [-0.3, -0.25) is 0 Å². The average Bonchev–Trinajstić information content (AvgIpc) is 2.90. The molecule has 4 rings (SSSR count). The molecule has 3 nitrogen and oxygen atoms in total. The van der Waals surface area contributed by atoms with Crippen LogP contribution < -0.4 is 21.2 Å². The van der Waals surface area contributed by atoms with Crippen LogP contribution in [0.3, 0.4) is 0 Å². The van der Waals surface area contributed by atoms with Gasteiger partial charge in [0.2, 0.25) is 0 Å². The molecule has 4 heteroatoms. The number of methoxy groups -OCH3 is 1. The predicted molar refractivity (Wildman–Crippen MR) is 141 cm³/mol. The van der Waals surface area contributed by atoms with Crippen molar-refractivity contribution in [2.75, 3.05) is 25.1 Å². The molecule has 166 valence electrons. The van der Waals surface area contributed by atoms with Gasteiger partial charge in [-0.05, 0) is 67.1 Å². The van der Waals surface area contributed by atoms with Crippen molar-refractivity contribution < 1.29 is 9.53 Å². The van der Waals surface area contributed by atoms with Crippen molar-refractivity contribution in [3.8, 4) is 0 Å². The molecule has 0 atom stereocenters. The Kier molecular flexibility index (Phi) is 7.55. The second-order valence-electron chi connectivity index (χ2n) is 7.89. The highest BCUT2D eigenvalue weighted by Gasteiger charge is 2.44. The summed E-state index contributed by atoms with van der Waals surface area (Å²) in [6.07, 6.45) is 2.09. The van der Waals surface area contributed by atoms with Gasteiger partial charge in [0.15, 0.2) is 0 Å². The molecule has 0 aromatic heterocycles. The topological polar surface area (TPSA) is 38.3 Å². The lowest BCUT2D eigenvalue weighted by Crippen LogP contribution is -2.33. The maximum Gasteiger partial charge on any atom is 0.337 e. The van der Waals surface area contributed by atoms with Crippen LogP contribution in [0.25, 0.3) is 0 Å². The number of nitrogens with one attached hydrogen (secondary N) is 1. The molecule has 0 amide bonds. The number of ether oxygens (including phenoxy) is 1. The zero-order valence-electron chi connectivity index (χ0n) is 18.9. The summed E-state index contributed by atoms with van der Waals surface area (Å²) < 4.78 is 4.78. The fourth-order valence-corrected chi connectivity index (χ4v) is 8.62. The molecule has 0 aliphatic carbocycles. The lowest BCUT2D eigenvalue weighted by atomic mass is 10.2. The molecule has 0 radical (unpaired) electrons. The van der Waals surface area contributed by atoms with Crippen LogP contribution in [0.1, 0.15) is 16.8 Å². The highest BCUT2D eigenvalue weighted by atomic mass is 31.2. The Bertz CT molecular complexity index is 1050. The molecular weight excluding hydrogens is 425 g/mol. The third kappa shape index (κ3) is 5.16. The highest BCUT2D eigenvalue weighted by Crippen LogP contribution is 2.55. The average molecular weight is 455 g/mol. The Hall–Kier alpha value is -3.42. The van der Waals surface area contributed by atoms with Gasteiger partial charge in [0, 0.05) is 12.2 Å². The third-order valence-electron chi connectivity index (χ3n) is 5.90. The van der Waals surface area contributed by atoms with Crippen LogP contribution in [0.5, 0.6) is 0 Å². The quantitative estimate of drug-likeness (QED) is 0.213. The van der Waals surface area contributed by atoms with Gasteiger partial charge >= 0.3 is 5.97 Å². The van der Waals surface area contributed by atoms with Crippen molar-refractivity contribution in [3.63, 3.8) is 0 Å². The summed E-state index contributed by atoms with van der Waals surface area (Å²) >= 11 is 0. The SMILES string of the molecule is COC(=O)c1ccc(NCCC[P+](c2ccccc2)(c2ccccc2)c2ccccc2)cc1. The normalized spacial score (nSPS) is 11.1. The van der Waals surface area contributed by atoms with E-state index in [0.717, 1.165) is 24.8 Å². The molecule has 4 aromatic rings. The van der Waals surface area contributed by atoms with E-state index in [9.17, 15) is 4.79 Å². The molecule has 0 unspecified atom stereocenters. The fraction of sp³-hybridized carbons (Fsp3) is 0.138. The molecular formula is C29H29NO2P+. The summed E-state index contributed by atoms with van der Waals surface area (Å²) in [5.41, 5.74) is 1.57. The van der Waals surface area contributed by atoms with Crippen molar-refractivity contribution in [1.29, 1.82) is 0 Å². The molecule has 0 heterocycles. The number of carbonyl (C=O) groups is 1. The van der Waals surface area contributed by atoms with Gasteiger partial charge in [0.1, 0.15) is 23.2 Å². The summed E-state index contributed by atoms with van der Waals surface area (Å²) in [4.78, 5) is 11.7. The van der Waals surface area contributed by atoms with Crippen molar-refractivity contribution in [3.05, 3.63) is 121 Å². The van der Waals surface area contributed by atoms with Crippen LogP contribution in [0, 0.1) is 0 Å². The minimum Gasteiger partial charge on any atom is -0.465 e. The maximum absolute atomic E-state index is 11.7. The summed E-state index contributed by atoms with van der Waals surface area (Å²) in [6, 6.07) is 40.3. The van der Waals surface area contributed by atoms with Gasteiger partial charge in [-0.15, -0.1) is 0 Å². The van der Waals surface area contributed by atoms with Gasteiger partial charge in [0.05, 0.1) is 18.8 Å². The minimum absolute atomic E-state index is 0.315. The third-order valence-corrected chi connectivity index (χ3v) is 10.4. The second-order valence-corrected chi connectivity index (χ2v) is 11.5. The number of benzene rings is 4. The van der Waals surface area contributed by atoms with Gasteiger partial charge < -0.3 is 10.1 Å². The Balaban J connectivity index is 1.59. The molecule has 1 N–H and O–H groups in total. The number of rotatable bonds is 9. The first kappa shape index (κ1) is 22.8. The summed E-state index contributed by atoms with van der Waals surface area (Å²) in [7, 11) is -0.402. The van der Waals surface area contributed by atoms with Crippen molar-refractivity contribution in [1.82, 2.24) is 0 Å². The summed E-state index contributed by atoms with van der Waals surface area (Å²) in [5.74, 6) is -0.315.